The molecule has 0 heteroatoms. The Morgan fingerprint density at radius 3 is 1.94 bits per heavy atom. The highest BCUT2D eigenvalue weighted by Crippen LogP contribution is 2.23. The first-order chi connectivity index (χ1) is 7.90. The Morgan fingerprint density at radius 2 is 1.38 bits per heavy atom. The van der Waals surface area contributed by atoms with Crippen LogP contribution in [-0.4, -0.2) is 0 Å². The summed E-state index contributed by atoms with van der Waals surface area (Å²) in [6.07, 6.45) is 2.33. The van der Waals surface area contributed by atoms with Crippen LogP contribution in [0.15, 0.2) is 60.7 Å². The molecule has 0 aromatic heterocycles. The van der Waals surface area contributed by atoms with Crippen molar-refractivity contribution in [1.29, 1.82) is 0 Å². The van der Waals surface area contributed by atoms with Gasteiger partial charge < -0.3 is 0 Å². The number of hydrogen-bond acceptors (Lipinski definition) is 0. The van der Waals surface area contributed by atoms with Crippen molar-refractivity contribution in [1.82, 2.24) is 0 Å². The SMILES string of the molecule is CC[C@@H](Cc1ccccc1)c1ccccc1. The Bertz CT molecular complexity index is 403. The molecule has 0 heterocycles. The maximum atomic E-state index is 2.26. The van der Waals surface area contributed by atoms with E-state index in [1.54, 1.807) is 0 Å². The topological polar surface area (TPSA) is 0 Å². The number of hydrogen-bond donors (Lipinski definition) is 0. The monoisotopic (exact) mass is 210 g/mol. The minimum Gasteiger partial charge on any atom is -0.0648 e. The third-order valence-electron chi connectivity index (χ3n) is 3.09. The summed E-state index contributed by atoms with van der Waals surface area (Å²) in [7, 11) is 0. The Hall–Kier alpha value is -1.56. The van der Waals surface area contributed by atoms with Gasteiger partial charge in [-0.3, -0.25) is 0 Å². The summed E-state index contributed by atoms with van der Waals surface area (Å²) < 4.78 is 0. The summed E-state index contributed by atoms with van der Waals surface area (Å²) in [6, 6.07) is 21.5. The molecule has 82 valence electrons. The minimum atomic E-state index is 0.642. The summed E-state index contributed by atoms with van der Waals surface area (Å²) in [4.78, 5) is 0. The third kappa shape index (κ3) is 2.73. The minimum absolute atomic E-state index is 0.642. The second kappa shape index (κ2) is 5.50. The van der Waals surface area contributed by atoms with E-state index in [1.165, 1.54) is 17.5 Å². The van der Waals surface area contributed by atoms with Crippen LogP contribution in [0.5, 0.6) is 0 Å². The van der Waals surface area contributed by atoms with Gasteiger partial charge in [0.1, 0.15) is 0 Å². The van der Waals surface area contributed by atoms with E-state index in [9.17, 15) is 0 Å². The Balaban J connectivity index is 2.13. The van der Waals surface area contributed by atoms with E-state index in [4.69, 9.17) is 0 Å². The Kier molecular flexibility index (Phi) is 3.76. The fourth-order valence-electron chi connectivity index (χ4n) is 2.12. The van der Waals surface area contributed by atoms with E-state index in [-0.39, 0.29) is 0 Å². The average molecular weight is 210 g/mol. The summed E-state index contributed by atoms with van der Waals surface area (Å²) >= 11 is 0. The van der Waals surface area contributed by atoms with E-state index in [2.05, 4.69) is 67.6 Å². The number of rotatable bonds is 4. The van der Waals surface area contributed by atoms with Crippen molar-refractivity contribution in [2.24, 2.45) is 0 Å². The van der Waals surface area contributed by atoms with E-state index in [0.29, 0.717) is 5.92 Å². The van der Waals surface area contributed by atoms with Crippen LogP contribution in [0.25, 0.3) is 0 Å². The predicted octanol–water partition coefficient (Wildman–Crippen LogP) is 4.42. The molecule has 2 rings (SSSR count). The van der Waals surface area contributed by atoms with Gasteiger partial charge in [-0.05, 0) is 29.9 Å². The smallest absolute Gasteiger partial charge is 0.0124 e. The Labute approximate surface area is 97.9 Å². The lowest BCUT2D eigenvalue weighted by Crippen LogP contribution is -2.01. The van der Waals surface area contributed by atoms with Crippen LogP contribution in [0.1, 0.15) is 30.4 Å². The zero-order valence-electron chi connectivity index (χ0n) is 9.77. The van der Waals surface area contributed by atoms with Crippen LogP contribution in [-0.2, 0) is 6.42 Å². The fourth-order valence-corrected chi connectivity index (χ4v) is 2.12. The molecule has 0 N–H and O–H groups in total. The molecular formula is C16H18. The van der Waals surface area contributed by atoms with Gasteiger partial charge in [0, 0.05) is 0 Å². The maximum absolute atomic E-state index is 2.26. The molecule has 1 atom stereocenters. The molecule has 0 aliphatic heterocycles. The van der Waals surface area contributed by atoms with Gasteiger partial charge in [0.25, 0.3) is 0 Å². The summed E-state index contributed by atoms with van der Waals surface area (Å²) in [5.41, 5.74) is 2.88. The van der Waals surface area contributed by atoms with Crippen molar-refractivity contribution in [2.75, 3.05) is 0 Å². The van der Waals surface area contributed by atoms with Crippen LogP contribution >= 0.6 is 0 Å². The quantitative estimate of drug-likeness (QED) is 0.700. The Morgan fingerprint density at radius 1 is 0.812 bits per heavy atom. The predicted molar refractivity (Wildman–Crippen MR) is 69.6 cm³/mol. The molecule has 0 aliphatic rings. The molecule has 2 aromatic rings. The average Bonchev–Trinajstić information content (AvgIpc) is 2.38. The molecule has 0 spiro atoms. The van der Waals surface area contributed by atoms with E-state index in [0.717, 1.165) is 6.42 Å². The van der Waals surface area contributed by atoms with Crippen LogP contribution in [0.4, 0.5) is 0 Å². The van der Waals surface area contributed by atoms with Gasteiger partial charge in [-0.15, -0.1) is 0 Å². The molecule has 0 amide bonds. The highest BCUT2D eigenvalue weighted by atomic mass is 14.1. The molecule has 16 heavy (non-hydrogen) atoms. The normalized spacial score (nSPS) is 12.3. The van der Waals surface area contributed by atoms with Crippen molar-refractivity contribution in [3.8, 4) is 0 Å². The van der Waals surface area contributed by atoms with Gasteiger partial charge in [-0.1, -0.05) is 67.6 Å². The molecular weight excluding hydrogens is 192 g/mol. The van der Waals surface area contributed by atoms with Gasteiger partial charge in [-0.2, -0.15) is 0 Å². The standard InChI is InChI=1S/C16H18/c1-2-15(16-11-7-4-8-12-16)13-14-9-5-3-6-10-14/h3-12,15H,2,13H2,1H3/t15-/m0/s1. The van der Waals surface area contributed by atoms with E-state index >= 15 is 0 Å². The van der Waals surface area contributed by atoms with E-state index in [1.807, 2.05) is 0 Å². The highest BCUT2D eigenvalue weighted by Gasteiger charge is 2.09. The second-order valence-corrected chi connectivity index (χ2v) is 4.21. The van der Waals surface area contributed by atoms with Gasteiger partial charge in [-0.25, -0.2) is 0 Å². The molecule has 0 radical (unpaired) electrons. The zero-order chi connectivity index (χ0) is 11.2. The van der Waals surface area contributed by atoms with Crippen molar-refractivity contribution < 1.29 is 0 Å². The van der Waals surface area contributed by atoms with Crippen LogP contribution in [0, 0.1) is 0 Å². The molecule has 0 saturated heterocycles. The van der Waals surface area contributed by atoms with Crippen LogP contribution < -0.4 is 0 Å². The lowest BCUT2D eigenvalue weighted by atomic mass is 9.90. The van der Waals surface area contributed by atoms with Gasteiger partial charge in [0.2, 0.25) is 0 Å². The summed E-state index contributed by atoms with van der Waals surface area (Å²) in [5, 5.41) is 0. The summed E-state index contributed by atoms with van der Waals surface area (Å²) in [6.45, 7) is 2.26. The fraction of sp³-hybridized carbons (Fsp3) is 0.250. The summed E-state index contributed by atoms with van der Waals surface area (Å²) in [5.74, 6) is 0.642. The molecule has 0 saturated carbocycles. The van der Waals surface area contributed by atoms with Gasteiger partial charge in [0.05, 0.1) is 0 Å². The molecule has 0 bridgehead atoms. The lowest BCUT2D eigenvalue weighted by Gasteiger charge is -2.15. The van der Waals surface area contributed by atoms with Gasteiger partial charge in [0.15, 0.2) is 0 Å². The first-order valence-electron chi connectivity index (χ1n) is 5.99. The van der Waals surface area contributed by atoms with Gasteiger partial charge >= 0.3 is 0 Å². The van der Waals surface area contributed by atoms with E-state index < -0.39 is 0 Å². The molecule has 2 aromatic carbocycles. The first kappa shape index (κ1) is 10.9. The van der Waals surface area contributed by atoms with Crippen molar-refractivity contribution >= 4 is 0 Å². The van der Waals surface area contributed by atoms with Crippen molar-refractivity contribution in [3.63, 3.8) is 0 Å². The molecule has 0 fully saturated rings. The maximum Gasteiger partial charge on any atom is -0.0124 e. The van der Waals surface area contributed by atoms with Crippen LogP contribution in [0.3, 0.4) is 0 Å². The highest BCUT2D eigenvalue weighted by molar-refractivity contribution is 5.24. The van der Waals surface area contributed by atoms with Crippen LogP contribution in [0.2, 0.25) is 0 Å². The lowest BCUT2D eigenvalue weighted by molar-refractivity contribution is 0.660. The zero-order valence-corrected chi connectivity index (χ0v) is 9.77. The molecule has 0 nitrogen and oxygen atoms in total. The van der Waals surface area contributed by atoms with Crippen molar-refractivity contribution in [3.05, 3.63) is 71.8 Å². The molecule has 0 aliphatic carbocycles. The first-order valence-corrected chi connectivity index (χ1v) is 5.99. The molecule has 0 unspecified atom stereocenters. The number of benzene rings is 2. The second-order valence-electron chi connectivity index (χ2n) is 4.21. The third-order valence-corrected chi connectivity index (χ3v) is 3.09. The van der Waals surface area contributed by atoms with Crippen molar-refractivity contribution in [2.45, 2.75) is 25.7 Å². The largest absolute Gasteiger partial charge is 0.0648 e.